The zero-order valence-corrected chi connectivity index (χ0v) is 9.23. The highest BCUT2D eigenvalue weighted by molar-refractivity contribution is 6.31. The number of anilines is 1. The van der Waals surface area contributed by atoms with Gasteiger partial charge in [0.1, 0.15) is 6.54 Å². The Morgan fingerprint density at radius 3 is 3.06 bits per heavy atom. The Balaban J connectivity index is 2.44. The second-order valence-corrected chi connectivity index (χ2v) is 3.83. The molecule has 0 bridgehead atoms. The number of hydrogen-bond donors (Lipinski definition) is 1. The second kappa shape index (κ2) is 4.02. The van der Waals surface area contributed by atoms with Crippen LogP contribution in [-0.4, -0.2) is 29.8 Å². The summed E-state index contributed by atoms with van der Waals surface area (Å²) in [6, 6.07) is 5.08. The third kappa shape index (κ3) is 1.94. The molecule has 84 valence electrons. The van der Waals surface area contributed by atoms with E-state index in [1.807, 2.05) is 0 Å². The van der Waals surface area contributed by atoms with Crippen molar-refractivity contribution in [2.24, 2.45) is 0 Å². The summed E-state index contributed by atoms with van der Waals surface area (Å²) in [5.74, 6) is -0.458. The van der Waals surface area contributed by atoms with Gasteiger partial charge in [-0.2, -0.15) is 0 Å². The van der Waals surface area contributed by atoms with Crippen molar-refractivity contribution in [3.63, 3.8) is 0 Å². The molecule has 1 aromatic carbocycles. The number of carbonyl (C=O) groups is 1. The first-order chi connectivity index (χ1) is 7.58. The van der Waals surface area contributed by atoms with Crippen LogP contribution in [0.1, 0.15) is 0 Å². The number of nitrogens with zero attached hydrogens (tertiary/aromatic N) is 2. The molecule has 0 unspecified atom stereocenters. The molecule has 5 nitrogen and oxygen atoms in total. The van der Waals surface area contributed by atoms with Crippen molar-refractivity contribution in [3.8, 4) is 0 Å². The minimum absolute atomic E-state index is 0.145. The molecular weight excluding hydrogens is 232 g/mol. The molecule has 2 aromatic rings. The van der Waals surface area contributed by atoms with E-state index in [-0.39, 0.29) is 6.54 Å². The van der Waals surface area contributed by atoms with E-state index in [2.05, 4.69) is 5.16 Å². The molecule has 1 aromatic heterocycles. The van der Waals surface area contributed by atoms with Crippen LogP contribution in [0, 0.1) is 0 Å². The second-order valence-electron chi connectivity index (χ2n) is 3.40. The third-order valence-corrected chi connectivity index (χ3v) is 2.38. The highest BCUT2D eigenvalue weighted by atomic mass is 35.5. The standard InChI is InChI=1S/C10H9ClN2O3/c1-13(5-9(14)15)10-7-4-6(11)2-3-8(7)16-12-10/h2-4H,5H2,1H3,(H,14,15). The van der Waals surface area contributed by atoms with Crippen molar-refractivity contribution in [3.05, 3.63) is 23.2 Å². The average Bonchev–Trinajstić information content (AvgIpc) is 2.59. The van der Waals surface area contributed by atoms with Gasteiger partial charge in [-0.3, -0.25) is 4.79 Å². The number of benzene rings is 1. The molecule has 0 aliphatic rings. The minimum Gasteiger partial charge on any atom is -0.480 e. The van der Waals surface area contributed by atoms with E-state index in [1.165, 1.54) is 4.90 Å². The van der Waals surface area contributed by atoms with Gasteiger partial charge in [0.25, 0.3) is 0 Å². The molecule has 0 saturated heterocycles. The average molecular weight is 241 g/mol. The van der Waals surface area contributed by atoms with Crippen LogP contribution in [0.15, 0.2) is 22.7 Å². The zero-order chi connectivity index (χ0) is 11.7. The number of fused-ring (bicyclic) bond motifs is 1. The van der Waals surface area contributed by atoms with Gasteiger partial charge in [-0.1, -0.05) is 16.8 Å². The van der Waals surface area contributed by atoms with E-state index in [9.17, 15) is 4.79 Å². The Kier molecular flexibility index (Phi) is 2.70. The number of aliphatic carboxylic acids is 1. The fourth-order valence-corrected chi connectivity index (χ4v) is 1.62. The normalized spacial score (nSPS) is 10.6. The largest absolute Gasteiger partial charge is 0.480 e. The molecule has 0 aliphatic heterocycles. The topological polar surface area (TPSA) is 66.6 Å². The van der Waals surface area contributed by atoms with E-state index < -0.39 is 5.97 Å². The van der Waals surface area contributed by atoms with E-state index in [0.717, 1.165) is 0 Å². The van der Waals surface area contributed by atoms with Crippen LogP contribution in [0.2, 0.25) is 5.02 Å². The van der Waals surface area contributed by atoms with Crippen LogP contribution in [0.4, 0.5) is 5.82 Å². The number of carboxylic acid groups (broad SMARTS) is 1. The lowest BCUT2D eigenvalue weighted by Gasteiger charge is -2.12. The number of hydrogen-bond acceptors (Lipinski definition) is 4. The van der Waals surface area contributed by atoms with E-state index in [0.29, 0.717) is 21.8 Å². The summed E-state index contributed by atoms with van der Waals surface area (Å²) in [6.07, 6.45) is 0. The maximum absolute atomic E-state index is 10.6. The van der Waals surface area contributed by atoms with Crippen LogP contribution < -0.4 is 4.90 Å². The van der Waals surface area contributed by atoms with E-state index in [4.69, 9.17) is 21.2 Å². The first-order valence-corrected chi connectivity index (χ1v) is 4.93. The molecule has 0 atom stereocenters. The molecule has 1 N–H and O–H groups in total. The van der Waals surface area contributed by atoms with E-state index >= 15 is 0 Å². The molecule has 0 spiro atoms. The lowest BCUT2D eigenvalue weighted by Crippen LogP contribution is -2.25. The van der Waals surface area contributed by atoms with Gasteiger partial charge >= 0.3 is 5.97 Å². The molecule has 2 rings (SSSR count). The van der Waals surface area contributed by atoms with E-state index in [1.54, 1.807) is 25.2 Å². The summed E-state index contributed by atoms with van der Waals surface area (Å²) in [6.45, 7) is -0.145. The number of halogens is 1. The fourth-order valence-electron chi connectivity index (χ4n) is 1.45. The molecule has 0 saturated carbocycles. The fraction of sp³-hybridized carbons (Fsp3) is 0.200. The molecule has 1 heterocycles. The van der Waals surface area contributed by atoms with Crippen molar-refractivity contribution >= 4 is 34.4 Å². The van der Waals surface area contributed by atoms with Gasteiger partial charge in [-0.15, -0.1) is 0 Å². The predicted molar refractivity (Wildman–Crippen MR) is 59.9 cm³/mol. The van der Waals surface area contributed by atoms with Crippen LogP contribution in [0.25, 0.3) is 11.0 Å². The van der Waals surface area contributed by atoms with Gasteiger partial charge < -0.3 is 14.5 Å². The van der Waals surface area contributed by atoms with Crippen LogP contribution >= 0.6 is 11.6 Å². The summed E-state index contributed by atoms with van der Waals surface area (Å²) in [7, 11) is 1.63. The van der Waals surface area contributed by atoms with Crippen molar-refractivity contribution in [2.45, 2.75) is 0 Å². The molecule has 6 heteroatoms. The van der Waals surface area contributed by atoms with Crippen molar-refractivity contribution in [1.29, 1.82) is 0 Å². The van der Waals surface area contributed by atoms with Crippen molar-refractivity contribution in [2.75, 3.05) is 18.5 Å². The summed E-state index contributed by atoms with van der Waals surface area (Å²) in [5, 5.41) is 13.8. The predicted octanol–water partition coefficient (Wildman–Crippen LogP) is 2.00. The van der Waals surface area contributed by atoms with Crippen LogP contribution in [0.5, 0.6) is 0 Å². The van der Waals surface area contributed by atoms with Gasteiger partial charge in [0, 0.05) is 12.1 Å². The Labute approximate surface area is 96.2 Å². The SMILES string of the molecule is CN(CC(=O)O)c1noc2ccc(Cl)cc12. The van der Waals surface area contributed by atoms with Gasteiger partial charge in [-0.05, 0) is 18.2 Å². The first kappa shape index (κ1) is 10.8. The first-order valence-electron chi connectivity index (χ1n) is 4.56. The van der Waals surface area contributed by atoms with Gasteiger partial charge in [0.15, 0.2) is 11.4 Å². The highest BCUT2D eigenvalue weighted by Gasteiger charge is 2.14. The highest BCUT2D eigenvalue weighted by Crippen LogP contribution is 2.27. The monoisotopic (exact) mass is 240 g/mol. The number of carboxylic acids is 1. The van der Waals surface area contributed by atoms with Gasteiger partial charge in [0.2, 0.25) is 0 Å². The molecule has 0 amide bonds. The third-order valence-electron chi connectivity index (χ3n) is 2.15. The summed E-state index contributed by atoms with van der Waals surface area (Å²) >= 11 is 5.85. The van der Waals surface area contributed by atoms with Crippen molar-refractivity contribution in [1.82, 2.24) is 5.16 Å². The summed E-state index contributed by atoms with van der Waals surface area (Å²) < 4.78 is 5.06. The lowest BCUT2D eigenvalue weighted by molar-refractivity contribution is -0.135. The van der Waals surface area contributed by atoms with Crippen molar-refractivity contribution < 1.29 is 14.4 Å². The quantitative estimate of drug-likeness (QED) is 0.889. The van der Waals surface area contributed by atoms with Gasteiger partial charge in [-0.25, -0.2) is 0 Å². The lowest BCUT2D eigenvalue weighted by atomic mass is 10.2. The molecule has 0 fully saturated rings. The van der Waals surface area contributed by atoms with Gasteiger partial charge in [0.05, 0.1) is 5.39 Å². The van der Waals surface area contributed by atoms with Crippen LogP contribution in [0.3, 0.4) is 0 Å². The summed E-state index contributed by atoms with van der Waals surface area (Å²) in [4.78, 5) is 12.1. The Hall–Kier alpha value is -1.75. The molecule has 16 heavy (non-hydrogen) atoms. The Bertz CT molecular complexity index is 538. The minimum atomic E-state index is -0.930. The summed E-state index contributed by atoms with van der Waals surface area (Å²) in [5.41, 5.74) is 0.580. The Morgan fingerprint density at radius 1 is 1.62 bits per heavy atom. The maximum Gasteiger partial charge on any atom is 0.323 e. The number of rotatable bonds is 3. The zero-order valence-electron chi connectivity index (χ0n) is 8.48. The maximum atomic E-state index is 10.6. The number of aromatic nitrogens is 1. The molecule has 0 radical (unpaired) electrons. The number of likely N-dealkylation sites (N-methyl/N-ethyl adjacent to an activating group) is 1. The Morgan fingerprint density at radius 2 is 2.38 bits per heavy atom. The van der Waals surface area contributed by atoms with Crippen LogP contribution in [-0.2, 0) is 4.79 Å². The molecular formula is C10H9ClN2O3. The molecule has 0 aliphatic carbocycles. The smallest absolute Gasteiger partial charge is 0.323 e.